The van der Waals surface area contributed by atoms with E-state index >= 15 is 0 Å². The summed E-state index contributed by atoms with van der Waals surface area (Å²) in [4.78, 5) is 11.8. The fourth-order valence-electron chi connectivity index (χ4n) is 1.72. The predicted molar refractivity (Wildman–Crippen MR) is 74.9 cm³/mol. The Morgan fingerprint density at radius 1 is 1.24 bits per heavy atom. The van der Waals surface area contributed by atoms with Crippen molar-refractivity contribution in [2.75, 3.05) is 5.32 Å². The number of amides is 1. The van der Waals surface area contributed by atoms with Crippen molar-refractivity contribution in [2.24, 2.45) is 0 Å². The standard InChI is InChI=1S/C15H9ClF2N2O/c16-12-5-9(8-19)1-4-14(12)20-15(21)6-10-2-3-11(17)7-13(10)18/h1-5,7H,6H2,(H,20,21). The smallest absolute Gasteiger partial charge is 0.228 e. The molecule has 0 aromatic heterocycles. The van der Waals surface area contributed by atoms with Gasteiger partial charge in [0.25, 0.3) is 0 Å². The van der Waals surface area contributed by atoms with E-state index in [0.717, 1.165) is 12.1 Å². The average molecular weight is 307 g/mol. The molecule has 0 atom stereocenters. The maximum atomic E-state index is 13.4. The van der Waals surface area contributed by atoms with E-state index in [1.807, 2.05) is 6.07 Å². The van der Waals surface area contributed by atoms with Crippen molar-refractivity contribution >= 4 is 23.2 Å². The summed E-state index contributed by atoms with van der Waals surface area (Å²) in [6.07, 6.45) is -0.248. The zero-order valence-corrected chi connectivity index (χ0v) is 11.4. The molecule has 2 aromatic carbocycles. The van der Waals surface area contributed by atoms with E-state index in [2.05, 4.69) is 5.32 Å². The molecular weight excluding hydrogens is 298 g/mol. The Bertz CT molecular complexity index is 741. The molecule has 6 heteroatoms. The molecule has 1 amide bonds. The van der Waals surface area contributed by atoms with E-state index < -0.39 is 17.5 Å². The van der Waals surface area contributed by atoms with Gasteiger partial charge >= 0.3 is 0 Å². The Balaban J connectivity index is 2.10. The lowest BCUT2D eigenvalue weighted by Crippen LogP contribution is -2.15. The highest BCUT2D eigenvalue weighted by Gasteiger charge is 2.11. The first-order chi connectivity index (χ1) is 9.99. The largest absolute Gasteiger partial charge is 0.324 e. The highest BCUT2D eigenvalue weighted by Crippen LogP contribution is 2.23. The van der Waals surface area contributed by atoms with E-state index in [4.69, 9.17) is 16.9 Å². The van der Waals surface area contributed by atoms with Crippen LogP contribution < -0.4 is 5.32 Å². The van der Waals surface area contributed by atoms with Gasteiger partial charge in [0, 0.05) is 6.07 Å². The maximum Gasteiger partial charge on any atom is 0.228 e. The van der Waals surface area contributed by atoms with Crippen LogP contribution in [0.1, 0.15) is 11.1 Å². The van der Waals surface area contributed by atoms with Crippen molar-refractivity contribution in [3.05, 3.63) is 64.2 Å². The Morgan fingerprint density at radius 3 is 2.62 bits per heavy atom. The lowest BCUT2D eigenvalue weighted by molar-refractivity contribution is -0.115. The number of nitrogens with one attached hydrogen (secondary N) is 1. The van der Waals surface area contributed by atoms with Crippen molar-refractivity contribution in [3.8, 4) is 6.07 Å². The lowest BCUT2D eigenvalue weighted by Gasteiger charge is -2.08. The molecular formula is C15H9ClF2N2O. The van der Waals surface area contributed by atoms with Crippen LogP contribution in [0.2, 0.25) is 5.02 Å². The number of hydrogen-bond donors (Lipinski definition) is 1. The molecule has 0 unspecified atom stereocenters. The average Bonchev–Trinajstić information content (AvgIpc) is 2.44. The number of benzene rings is 2. The van der Waals surface area contributed by atoms with Crippen molar-refractivity contribution < 1.29 is 13.6 Å². The molecule has 0 saturated heterocycles. The molecule has 3 nitrogen and oxygen atoms in total. The first-order valence-electron chi connectivity index (χ1n) is 5.93. The normalized spacial score (nSPS) is 10.0. The van der Waals surface area contributed by atoms with Gasteiger partial charge in [-0.1, -0.05) is 17.7 Å². The third kappa shape index (κ3) is 3.77. The van der Waals surface area contributed by atoms with Gasteiger partial charge in [-0.2, -0.15) is 5.26 Å². The van der Waals surface area contributed by atoms with Gasteiger partial charge in [0.05, 0.1) is 28.8 Å². The SMILES string of the molecule is N#Cc1ccc(NC(=O)Cc2ccc(F)cc2F)c(Cl)c1. The first kappa shape index (κ1) is 14.9. The van der Waals surface area contributed by atoms with Crippen LogP contribution in [0, 0.1) is 23.0 Å². The number of halogens is 3. The van der Waals surface area contributed by atoms with Gasteiger partial charge in [-0.05, 0) is 29.8 Å². The molecule has 2 rings (SSSR count). The zero-order valence-electron chi connectivity index (χ0n) is 10.7. The van der Waals surface area contributed by atoms with Gasteiger partial charge in [0.1, 0.15) is 11.6 Å². The van der Waals surface area contributed by atoms with Gasteiger partial charge in [0.2, 0.25) is 5.91 Å². The minimum absolute atomic E-state index is 0.0821. The summed E-state index contributed by atoms with van der Waals surface area (Å²) in [5, 5.41) is 11.4. The number of anilines is 1. The third-order valence-electron chi connectivity index (χ3n) is 2.74. The van der Waals surface area contributed by atoms with Crippen LogP contribution in [0.25, 0.3) is 0 Å². The number of nitrogens with zero attached hydrogens (tertiary/aromatic N) is 1. The predicted octanol–water partition coefficient (Wildman–Crippen LogP) is 3.67. The van der Waals surface area contributed by atoms with Gasteiger partial charge < -0.3 is 5.32 Å². The molecule has 0 radical (unpaired) electrons. The molecule has 106 valence electrons. The summed E-state index contributed by atoms with van der Waals surface area (Å²) in [6.45, 7) is 0. The molecule has 0 aliphatic heterocycles. The van der Waals surface area contributed by atoms with E-state index in [0.29, 0.717) is 11.3 Å². The second-order valence-electron chi connectivity index (χ2n) is 4.27. The Morgan fingerprint density at radius 2 is 2.00 bits per heavy atom. The quantitative estimate of drug-likeness (QED) is 0.940. The molecule has 0 aliphatic carbocycles. The number of carbonyl (C=O) groups excluding carboxylic acids is 1. The van der Waals surface area contributed by atoms with Crippen LogP contribution >= 0.6 is 11.6 Å². The summed E-state index contributed by atoms with van der Waals surface area (Å²) in [6, 6.07) is 9.33. The fourth-order valence-corrected chi connectivity index (χ4v) is 1.95. The molecule has 21 heavy (non-hydrogen) atoms. The summed E-state index contributed by atoms with van der Waals surface area (Å²) in [5.41, 5.74) is 0.768. The first-order valence-corrected chi connectivity index (χ1v) is 6.31. The van der Waals surface area contributed by atoms with E-state index in [1.165, 1.54) is 24.3 Å². The van der Waals surface area contributed by atoms with Crippen LogP contribution in [-0.2, 0) is 11.2 Å². The highest BCUT2D eigenvalue weighted by molar-refractivity contribution is 6.33. The second kappa shape index (κ2) is 6.33. The fraction of sp³-hybridized carbons (Fsp3) is 0.0667. The molecule has 0 fully saturated rings. The number of rotatable bonds is 3. The topological polar surface area (TPSA) is 52.9 Å². The minimum Gasteiger partial charge on any atom is -0.324 e. The number of nitriles is 1. The Kier molecular flexibility index (Phi) is 4.51. The number of carbonyl (C=O) groups is 1. The summed E-state index contributed by atoms with van der Waals surface area (Å²) in [7, 11) is 0. The van der Waals surface area contributed by atoms with Crippen molar-refractivity contribution in [1.82, 2.24) is 0 Å². The van der Waals surface area contributed by atoms with E-state index in [9.17, 15) is 13.6 Å². The van der Waals surface area contributed by atoms with Crippen LogP contribution in [0.5, 0.6) is 0 Å². The highest BCUT2D eigenvalue weighted by atomic mass is 35.5. The van der Waals surface area contributed by atoms with Crippen molar-refractivity contribution in [2.45, 2.75) is 6.42 Å². The molecule has 0 saturated carbocycles. The van der Waals surface area contributed by atoms with Gasteiger partial charge in [-0.25, -0.2) is 8.78 Å². The summed E-state index contributed by atoms with van der Waals surface area (Å²) in [5.74, 6) is -1.98. The molecule has 0 aliphatic rings. The molecule has 1 N–H and O–H groups in total. The summed E-state index contributed by atoms with van der Waals surface area (Å²) < 4.78 is 26.2. The van der Waals surface area contributed by atoms with E-state index in [-0.39, 0.29) is 17.0 Å². The van der Waals surface area contributed by atoms with Crippen LogP contribution in [-0.4, -0.2) is 5.91 Å². The van der Waals surface area contributed by atoms with Gasteiger partial charge in [-0.15, -0.1) is 0 Å². The summed E-state index contributed by atoms with van der Waals surface area (Å²) >= 11 is 5.92. The molecule has 0 bridgehead atoms. The monoisotopic (exact) mass is 306 g/mol. The van der Waals surface area contributed by atoms with Crippen LogP contribution in [0.15, 0.2) is 36.4 Å². The van der Waals surface area contributed by atoms with Gasteiger partial charge in [0.15, 0.2) is 0 Å². The maximum absolute atomic E-state index is 13.4. The second-order valence-corrected chi connectivity index (χ2v) is 4.67. The third-order valence-corrected chi connectivity index (χ3v) is 3.05. The molecule has 0 heterocycles. The van der Waals surface area contributed by atoms with Crippen LogP contribution in [0.4, 0.5) is 14.5 Å². The van der Waals surface area contributed by atoms with E-state index in [1.54, 1.807) is 0 Å². The Labute approximate surface area is 124 Å². The molecule has 2 aromatic rings. The molecule has 0 spiro atoms. The minimum atomic E-state index is -0.781. The van der Waals surface area contributed by atoms with Crippen molar-refractivity contribution in [3.63, 3.8) is 0 Å². The number of hydrogen-bond acceptors (Lipinski definition) is 2. The Hall–Kier alpha value is -2.45. The lowest BCUT2D eigenvalue weighted by atomic mass is 10.1. The zero-order chi connectivity index (χ0) is 15.4. The van der Waals surface area contributed by atoms with Crippen molar-refractivity contribution in [1.29, 1.82) is 5.26 Å². The van der Waals surface area contributed by atoms with Gasteiger partial charge in [-0.3, -0.25) is 4.79 Å². The van der Waals surface area contributed by atoms with Crippen LogP contribution in [0.3, 0.4) is 0 Å².